The lowest BCUT2D eigenvalue weighted by atomic mass is 9.98. The molecule has 1 aliphatic heterocycles. The number of nitrogens with zero attached hydrogens (tertiary/aromatic N) is 4. The number of hydrogen-bond donors (Lipinski definition) is 2. The molecular weight excluding hydrogens is 530 g/mol. The van der Waals surface area contributed by atoms with E-state index in [4.69, 9.17) is 15.2 Å². The molecule has 3 aromatic heterocycles. The zero-order valence-electron chi connectivity index (χ0n) is 22.6. The molecular formula is C30H28F2N6O3. The lowest BCUT2D eigenvalue weighted by molar-refractivity contribution is 0.103. The molecule has 210 valence electrons. The fourth-order valence-corrected chi connectivity index (χ4v) is 5.14. The van der Waals surface area contributed by atoms with E-state index in [9.17, 15) is 13.6 Å². The average Bonchev–Trinajstić information content (AvgIpc) is 3.55. The summed E-state index contributed by atoms with van der Waals surface area (Å²) in [4.78, 5) is 23.3. The van der Waals surface area contributed by atoms with Crippen molar-refractivity contribution in [3.63, 3.8) is 0 Å². The molecule has 0 aliphatic carbocycles. The minimum atomic E-state index is -0.839. The van der Waals surface area contributed by atoms with Crippen LogP contribution in [0.2, 0.25) is 0 Å². The van der Waals surface area contributed by atoms with Gasteiger partial charge in [0.05, 0.1) is 35.9 Å². The van der Waals surface area contributed by atoms with E-state index in [0.29, 0.717) is 23.6 Å². The molecule has 0 amide bonds. The molecule has 41 heavy (non-hydrogen) atoms. The van der Waals surface area contributed by atoms with Crippen molar-refractivity contribution in [1.82, 2.24) is 24.6 Å². The number of methoxy groups -OCH3 is 1. The average molecular weight is 559 g/mol. The number of pyridine rings is 1. The van der Waals surface area contributed by atoms with Gasteiger partial charge in [-0.25, -0.2) is 18.4 Å². The Balaban J connectivity index is 1.24. The Morgan fingerprint density at radius 3 is 2.68 bits per heavy atom. The van der Waals surface area contributed by atoms with Gasteiger partial charge in [0.2, 0.25) is 17.4 Å². The third-order valence-electron chi connectivity index (χ3n) is 7.35. The van der Waals surface area contributed by atoms with Crippen LogP contribution in [0.3, 0.4) is 0 Å². The highest BCUT2D eigenvalue weighted by atomic mass is 19.1. The Kier molecular flexibility index (Phi) is 6.98. The number of anilines is 1. The van der Waals surface area contributed by atoms with Crippen molar-refractivity contribution in [3.05, 3.63) is 94.4 Å². The zero-order chi connectivity index (χ0) is 28.7. The maximum absolute atomic E-state index is 14.0. The summed E-state index contributed by atoms with van der Waals surface area (Å²) in [5.41, 5.74) is 11.6. The van der Waals surface area contributed by atoms with E-state index >= 15 is 0 Å². The highest BCUT2D eigenvalue weighted by molar-refractivity contribution is 6.12. The lowest BCUT2D eigenvalue weighted by Gasteiger charge is -2.28. The number of aromatic amines is 1. The summed E-state index contributed by atoms with van der Waals surface area (Å²) in [6.07, 6.45) is 3.77. The van der Waals surface area contributed by atoms with Crippen LogP contribution < -0.4 is 10.5 Å². The first-order chi connectivity index (χ1) is 19.8. The number of ether oxygens (including phenoxy) is 2. The number of carbonyl (C=O) groups excluding carboxylic acids is 1. The number of nitrogens with two attached hydrogens (primary N) is 1. The van der Waals surface area contributed by atoms with Crippen LogP contribution in [0.25, 0.3) is 16.6 Å². The van der Waals surface area contributed by atoms with E-state index in [1.54, 1.807) is 14.0 Å². The Labute approximate surface area is 234 Å². The first-order valence-electron chi connectivity index (χ1n) is 13.1. The summed E-state index contributed by atoms with van der Waals surface area (Å²) >= 11 is 0. The number of rotatable bonds is 8. The molecule has 11 heteroatoms. The largest absolute Gasteiger partial charge is 0.433 e. The number of fused-ring (bicyclic) bond motifs is 2. The van der Waals surface area contributed by atoms with Gasteiger partial charge in [-0.3, -0.25) is 9.69 Å². The quantitative estimate of drug-likeness (QED) is 0.259. The molecule has 0 radical (unpaired) electrons. The molecule has 0 fully saturated rings. The fraction of sp³-hybridized carbons (Fsp3) is 0.233. The van der Waals surface area contributed by atoms with Gasteiger partial charge in [0.15, 0.2) is 11.6 Å². The minimum Gasteiger partial charge on any atom is -0.433 e. The number of hydrogen-bond acceptors (Lipinski definition) is 7. The van der Waals surface area contributed by atoms with Crippen LogP contribution in [0, 0.1) is 18.6 Å². The summed E-state index contributed by atoms with van der Waals surface area (Å²) in [6, 6.07) is 11.1. The Morgan fingerprint density at radius 1 is 1.12 bits per heavy atom. The maximum Gasteiger partial charge on any atom is 0.219 e. The standard InChI is InChI=1S/C30H28F2N6O3/c1-17-10-27(41-29-22(31)4-3-5-23(29)32)34-15-26(17)38-30(33)21(14-35-38)28(39)25-13-19-11-20-16-37(8-9-40-2)7-6-18(20)12-24(19)36-25/h3-5,10-15,36H,6-9,16,33H2,1-2H3. The second-order valence-electron chi connectivity index (χ2n) is 10.1. The first-order valence-corrected chi connectivity index (χ1v) is 13.1. The molecule has 0 atom stereocenters. The van der Waals surface area contributed by atoms with Gasteiger partial charge in [-0.2, -0.15) is 5.10 Å². The topological polar surface area (TPSA) is 111 Å². The molecule has 0 bridgehead atoms. The van der Waals surface area contributed by atoms with Gasteiger partial charge in [0.25, 0.3) is 0 Å². The lowest BCUT2D eigenvalue weighted by Crippen LogP contribution is -2.33. The number of halogens is 2. The number of aromatic nitrogens is 4. The highest BCUT2D eigenvalue weighted by Gasteiger charge is 2.23. The van der Waals surface area contributed by atoms with E-state index in [2.05, 4.69) is 32.1 Å². The van der Waals surface area contributed by atoms with E-state index in [0.717, 1.165) is 49.1 Å². The molecule has 6 rings (SSSR count). The van der Waals surface area contributed by atoms with Crippen LogP contribution in [0.5, 0.6) is 11.6 Å². The van der Waals surface area contributed by atoms with Gasteiger partial charge in [0, 0.05) is 43.7 Å². The van der Waals surface area contributed by atoms with Crippen LogP contribution in [-0.2, 0) is 17.7 Å². The third-order valence-corrected chi connectivity index (χ3v) is 7.35. The smallest absolute Gasteiger partial charge is 0.219 e. The molecule has 2 aromatic carbocycles. The monoisotopic (exact) mass is 558 g/mol. The van der Waals surface area contributed by atoms with Crippen LogP contribution in [0.15, 0.2) is 54.9 Å². The summed E-state index contributed by atoms with van der Waals surface area (Å²) in [6.45, 7) is 5.13. The van der Waals surface area contributed by atoms with Crippen LogP contribution >= 0.6 is 0 Å². The normalized spacial score (nSPS) is 13.5. The predicted octanol–water partition coefficient (Wildman–Crippen LogP) is 4.95. The van der Waals surface area contributed by atoms with Gasteiger partial charge in [-0.1, -0.05) is 6.07 Å². The Morgan fingerprint density at radius 2 is 1.93 bits per heavy atom. The van der Waals surface area contributed by atoms with Gasteiger partial charge in [0.1, 0.15) is 5.82 Å². The number of nitrogen functional groups attached to an aromatic ring is 1. The van der Waals surface area contributed by atoms with Crippen molar-refractivity contribution < 1.29 is 23.0 Å². The van der Waals surface area contributed by atoms with E-state index in [-0.39, 0.29) is 23.0 Å². The fourth-order valence-electron chi connectivity index (χ4n) is 5.14. The van der Waals surface area contributed by atoms with Crippen LogP contribution in [0.1, 0.15) is 32.7 Å². The number of nitrogens with one attached hydrogen (secondary N) is 1. The Bertz CT molecular complexity index is 1760. The molecule has 0 saturated carbocycles. The number of para-hydroxylation sites is 1. The van der Waals surface area contributed by atoms with Gasteiger partial charge in [-0.05, 0) is 60.4 Å². The van der Waals surface area contributed by atoms with Crippen molar-refractivity contribution in [2.75, 3.05) is 32.5 Å². The summed E-state index contributed by atoms with van der Waals surface area (Å²) in [5.74, 6) is -2.37. The summed E-state index contributed by atoms with van der Waals surface area (Å²) in [5, 5.41) is 5.28. The molecule has 1 aliphatic rings. The van der Waals surface area contributed by atoms with E-state index in [1.165, 1.54) is 40.3 Å². The SMILES string of the molecule is COCCN1CCc2cc3[nH]c(C(=O)c4cnn(-c5cnc(Oc6c(F)cccc6F)cc5C)c4N)cc3cc2C1. The number of ketones is 1. The van der Waals surface area contributed by atoms with Crippen molar-refractivity contribution in [3.8, 4) is 17.3 Å². The first kappa shape index (κ1) is 26.6. The maximum atomic E-state index is 14.0. The van der Waals surface area contributed by atoms with E-state index < -0.39 is 17.4 Å². The molecule has 0 unspecified atom stereocenters. The minimum absolute atomic E-state index is 0.000122. The van der Waals surface area contributed by atoms with Crippen molar-refractivity contribution >= 4 is 22.5 Å². The van der Waals surface area contributed by atoms with E-state index in [1.807, 2.05) is 6.07 Å². The molecule has 0 spiro atoms. The second-order valence-corrected chi connectivity index (χ2v) is 10.1. The van der Waals surface area contributed by atoms with Gasteiger partial charge in [-0.15, -0.1) is 0 Å². The Hall–Kier alpha value is -4.61. The number of carbonyl (C=O) groups is 1. The van der Waals surface area contributed by atoms with Crippen LogP contribution in [-0.4, -0.2) is 57.2 Å². The summed E-state index contributed by atoms with van der Waals surface area (Å²) < 4.78 is 39.9. The second kappa shape index (κ2) is 10.8. The molecule has 5 aromatic rings. The van der Waals surface area contributed by atoms with Crippen molar-refractivity contribution in [1.29, 1.82) is 0 Å². The molecule has 3 N–H and O–H groups in total. The van der Waals surface area contributed by atoms with Gasteiger partial charge >= 0.3 is 0 Å². The molecule has 0 saturated heterocycles. The van der Waals surface area contributed by atoms with Crippen molar-refractivity contribution in [2.45, 2.75) is 19.9 Å². The third kappa shape index (κ3) is 5.05. The molecule has 9 nitrogen and oxygen atoms in total. The highest BCUT2D eigenvalue weighted by Crippen LogP contribution is 2.30. The number of H-pyrrole nitrogens is 1. The number of benzene rings is 2. The van der Waals surface area contributed by atoms with Crippen molar-refractivity contribution in [2.24, 2.45) is 0 Å². The number of aryl methyl sites for hydroxylation is 1. The summed E-state index contributed by atoms with van der Waals surface area (Å²) in [7, 11) is 1.71. The predicted molar refractivity (Wildman–Crippen MR) is 150 cm³/mol. The van der Waals surface area contributed by atoms with Gasteiger partial charge < -0.3 is 20.2 Å². The van der Waals surface area contributed by atoms with Crippen LogP contribution in [0.4, 0.5) is 14.6 Å². The molecule has 4 heterocycles. The zero-order valence-corrected chi connectivity index (χ0v) is 22.6.